The highest BCUT2D eigenvalue weighted by Gasteiger charge is 2.13. The lowest BCUT2D eigenvalue weighted by Crippen LogP contribution is -2.25. The van der Waals surface area contributed by atoms with Crippen molar-refractivity contribution in [3.05, 3.63) is 52.7 Å². The molecule has 0 bridgehead atoms. The third-order valence-electron chi connectivity index (χ3n) is 2.27. The zero-order valence-corrected chi connectivity index (χ0v) is 8.00. The number of hydrogen-bond acceptors (Lipinski definition) is 3. The Bertz CT molecular complexity index is 475. The molecule has 78 valence electrons. The molecule has 1 aromatic carbocycles. The molecule has 2 aromatic rings. The molecule has 0 unspecified atom stereocenters. The number of aliphatic hydroxyl groups is 1. The summed E-state index contributed by atoms with van der Waals surface area (Å²) in [5.41, 5.74) is 0.557. The van der Waals surface area contributed by atoms with Gasteiger partial charge in [-0.1, -0.05) is 30.3 Å². The number of aromatic nitrogens is 3. The van der Waals surface area contributed by atoms with Crippen molar-refractivity contribution in [1.29, 1.82) is 0 Å². The molecule has 0 fully saturated rings. The highest BCUT2D eigenvalue weighted by atomic mass is 16.3. The summed E-state index contributed by atoms with van der Waals surface area (Å²) in [5.74, 6) is 0. The monoisotopic (exact) mass is 205 g/mol. The van der Waals surface area contributed by atoms with Gasteiger partial charge in [-0.15, -0.1) is 0 Å². The summed E-state index contributed by atoms with van der Waals surface area (Å²) >= 11 is 0. The summed E-state index contributed by atoms with van der Waals surface area (Å²) in [5, 5.41) is 15.2. The maximum atomic E-state index is 11.3. The molecule has 0 amide bonds. The van der Waals surface area contributed by atoms with E-state index in [4.69, 9.17) is 0 Å². The smallest absolute Gasteiger partial charge is 0.343 e. The van der Waals surface area contributed by atoms with E-state index in [1.165, 1.54) is 10.9 Å². The van der Waals surface area contributed by atoms with Gasteiger partial charge in [-0.2, -0.15) is 5.10 Å². The van der Waals surface area contributed by atoms with E-state index in [1.807, 2.05) is 30.3 Å². The molecule has 5 heteroatoms. The molecule has 1 heterocycles. The summed E-state index contributed by atoms with van der Waals surface area (Å²) in [4.78, 5) is 11.3. The predicted octanol–water partition coefficient (Wildman–Crippen LogP) is 0.153. The van der Waals surface area contributed by atoms with Crippen molar-refractivity contribution in [2.24, 2.45) is 0 Å². The highest BCUT2D eigenvalue weighted by Crippen LogP contribution is 2.14. The van der Waals surface area contributed by atoms with Crippen LogP contribution in [0.2, 0.25) is 0 Å². The summed E-state index contributed by atoms with van der Waals surface area (Å²) in [6.07, 6.45) is 1.39. The Balaban J connectivity index is 2.42. The summed E-state index contributed by atoms with van der Waals surface area (Å²) in [6.45, 7) is -0.135. The van der Waals surface area contributed by atoms with Crippen LogP contribution in [0.25, 0.3) is 0 Å². The van der Waals surface area contributed by atoms with E-state index in [9.17, 15) is 9.90 Å². The molecule has 1 aromatic heterocycles. The van der Waals surface area contributed by atoms with Crippen molar-refractivity contribution < 1.29 is 5.11 Å². The molecule has 5 nitrogen and oxygen atoms in total. The minimum Gasteiger partial charge on any atom is -0.394 e. The second-order valence-corrected chi connectivity index (χ2v) is 3.18. The largest absolute Gasteiger partial charge is 0.394 e. The minimum absolute atomic E-state index is 0.135. The zero-order chi connectivity index (χ0) is 10.7. The van der Waals surface area contributed by atoms with Gasteiger partial charge in [0.1, 0.15) is 6.33 Å². The maximum Gasteiger partial charge on any atom is 0.343 e. The highest BCUT2D eigenvalue weighted by molar-refractivity contribution is 5.19. The molecule has 1 atom stereocenters. The van der Waals surface area contributed by atoms with Crippen LogP contribution in [0.5, 0.6) is 0 Å². The second-order valence-electron chi connectivity index (χ2n) is 3.18. The normalized spacial score (nSPS) is 12.6. The molecule has 0 aliphatic rings. The number of aliphatic hydroxyl groups excluding tert-OH is 1. The zero-order valence-electron chi connectivity index (χ0n) is 8.00. The van der Waals surface area contributed by atoms with Crippen LogP contribution in [-0.2, 0) is 0 Å². The van der Waals surface area contributed by atoms with Gasteiger partial charge >= 0.3 is 5.69 Å². The van der Waals surface area contributed by atoms with Gasteiger partial charge in [-0.05, 0) is 5.56 Å². The molecule has 0 spiro atoms. The number of benzene rings is 1. The molecular formula is C10H11N3O2. The standard InChI is InChI=1S/C10H11N3O2/c14-6-9(8-4-2-1-3-5-8)13-7-11-12-10(13)15/h1-5,7,9,14H,6H2,(H,12,15)/t9-/m0/s1. The van der Waals surface area contributed by atoms with Crippen molar-refractivity contribution in [3.8, 4) is 0 Å². The number of aromatic amines is 1. The Kier molecular flexibility index (Phi) is 2.64. The van der Waals surface area contributed by atoms with Gasteiger partial charge in [-0.25, -0.2) is 9.89 Å². The third-order valence-corrected chi connectivity index (χ3v) is 2.27. The van der Waals surface area contributed by atoms with Crippen LogP contribution in [0.15, 0.2) is 41.5 Å². The van der Waals surface area contributed by atoms with Crippen LogP contribution in [-0.4, -0.2) is 26.5 Å². The van der Waals surface area contributed by atoms with Crippen molar-refractivity contribution in [3.63, 3.8) is 0 Å². The topological polar surface area (TPSA) is 70.9 Å². The SMILES string of the molecule is O=c1[nH]ncn1[C@@H](CO)c1ccccc1. The Morgan fingerprint density at radius 2 is 2.13 bits per heavy atom. The van der Waals surface area contributed by atoms with E-state index < -0.39 is 0 Å². The van der Waals surface area contributed by atoms with E-state index in [2.05, 4.69) is 10.2 Å². The molecule has 0 saturated heterocycles. The molecule has 0 aliphatic heterocycles. The molecule has 0 saturated carbocycles. The van der Waals surface area contributed by atoms with Gasteiger partial charge in [-0.3, -0.25) is 4.57 Å². The average Bonchev–Trinajstić information content (AvgIpc) is 2.68. The molecule has 0 radical (unpaired) electrons. The third kappa shape index (κ3) is 1.82. The average molecular weight is 205 g/mol. The Morgan fingerprint density at radius 1 is 1.40 bits per heavy atom. The van der Waals surface area contributed by atoms with Gasteiger partial charge in [0.2, 0.25) is 0 Å². The molecule has 2 rings (SSSR count). The lowest BCUT2D eigenvalue weighted by atomic mass is 10.1. The van der Waals surface area contributed by atoms with Crippen LogP contribution < -0.4 is 5.69 Å². The van der Waals surface area contributed by atoms with Crippen molar-refractivity contribution in [2.45, 2.75) is 6.04 Å². The number of rotatable bonds is 3. The van der Waals surface area contributed by atoms with Crippen molar-refractivity contribution in [1.82, 2.24) is 14.8 Å². The Morgan fingerprint density at radius 3 is 2.67 bits per heavy atom. The van der Waals surface area contributed by atoms with Gasteiger partial charge in [0.25, 0.3) is 0 Å². The fourth-order valence-corrected chi connectivity index (χ4v) is 1.51. The van der Waals surface area contributed by atoms with E-state index in [0.717, 1.165) is 5.56 Å². The van der Waals surface area contributed by atoms with Crippen LogP contribution >= 0.6 is 0 Å². The summed E-state index contributed by atoms with van der Waals surface area (Å²) < 4.78 is 1.37. The molecule has 15 heavy (non-hydrogen) atoms. The van der Waals surface area contributed by atoms with E-state index in [1.54, 1.807) is 0 Å². The Labute approximate surface area is 86.0 Å². The quantitative estimate of drug-likeness (QED) is 0.749. The van der Waals surface area contributed by atoms with Crippen molar-refractivity contribution in [2.75, 3.05) is 6.61 Å². The lowest BCUT2D eigenvalue weighted by Gasteiger charge is -2.14. The van der Waals surface area contributed by atoms with Crippen LogP contribution in [0.3, 0.4) is 0 Å². The molecule has 2 N–H and O–H groups in total. The predicted molar refractivity (Wildman–Crippen MR) is 54.5 cm³/mol. The van der Waals surface area contributed by atoms with E-state index in [0.29, 0.717) is 0 Å². The fourth-order valence-electron chi connectivity index (χ4n) is 1.51. The van der Waals surface area contributed by atoms with Crippen LogP contribution in [0, 0.1) is 0 Å². The van der Waals surface area contributed by atoms with Crippen molar-refractivity contribution >= 4 is 0 Å². The lowest BCUT2D eigenvalue weighted by molar-refractivity contribution is 0.247. The first-order valence-electron chi connectivity index (χ1n) is 4.60. The van der Waals surface area contributed by atoms with Crippen LogP contribution in [0.1, 0.15) is 11.6 Å². The van der Waals surface area contributed by atoms with Gasteiger partial charge in [0, 0.05) is 0 Å². The molecular weight excluding hydrogens is 194 g/mol. The number of hydrogen-bond donors (Lipinski definition) is 2. The van der Waals surface area contributed by atoms with E-state index >= 15 is 0 Å². The first-order valence-corrected chi connectivity index (χ1v) is 4.60. The van der Waals surface area contributed by atoms with Crippen LogP contribution in [0.4, 0.5) is 0 Å². The van der Waals surface area contributed by atoms with Gasteiger partial charge < -0.3 is 5.11 Å². The van der Waals surface area contributed by atoms with Gasteiger partial charge in [0.05, 0.1) is 12.6 Å². The first-order chi connectivity index (χ1) is 7.33. The first kappa shape index (κ1) is 9.67. The van der Waals surface area contributed by atoms with Gasteiger partial charge in [0.15, 0.2) is 0 Å². The summed E-state index contributed by atoms with van der Waals surface area (Å²) in [6, 6.07) is 8.96. The maximum absolute atomic E-state index is 11.3. The number of H-pyrrole nitrogens is 1. The Hall–Kier alpha value is -1.88. The second kappa shape index (κ2) is 4.10. The summed E-state index contributed by atoms with van der Waals surface area (Å²) in [7, 11) is 0. The number of nitrogens with one attached hydrogen (secondary N) is 1. The molecule has 0 aliphatic carbocycles. The number of nitrogens with zero attached hydrogens (tertiary/aromatic N) is 2. The fraction of sp³-hybridized carbons (Fsp3) is 0.200. The van der Waals surface area contributed by atoms with E-state index in [-0.39, 0.29) is 18.3 Å². The minimum atomic E-state index is -0.377.